The summed E-state index contributed by atoms with van der Waals surface area (Å²) in [6, 6.07) is 0.279. The summed E-state index contributed by atoms with van der Waals surface area (Å²) in [5, 5.41) is 15.8. The molecule has 0 aliphatic carbocycles. The molecule has 160 valence electrons. The first-order valence-corrected chi connectivity index (χ1v) is 10.4. The Labute approximate surface area is 174 Å². The van der Waals surface area contributed by atoms with Gasteiger partial charge in [-0.3, -0.25) is 4.79 Å². The standard InChI is InChI=1S/C20H27N7O3/c1-4-27-18-14(10-23-27)17(24-13-5-7-29-8-6-13)15(9-21-18)20-25-16(26-30-20)11-22-19(28)12(2)3/h9-10,12-13H,4-8,11H2,1-3H3,(H,21,24)(H,22,28). The average molecular weight is 413 g/mol. The lowest BCUT2D eigenvalue weighted by molar-refractivity contribution is -0.124. The topological polar surface area (TPSA) is 120 Å². The van der Waals surface area contributed by atoms with Crippen molar-refractivity contribution in [3.63, 3.8) is 0 Å². The second-order valence-electron chi connectivity index (χ2n) is 7.66. The van der Waals surface area contributed by atoms with Gasteiger partial charge in [-0.15, -0.1) is 0 Å². The number of aromatic nitrogens is 5. The highest BCUT2D eigenvalue weighted by Gasteiger charge is 2.22. The molecule has 10 nitrogen and oxygen atoms in total. The van der Waals surface area contributed by atoms with Crippen molar-refractivity contribution in [3.05, 3.63) is 18.2 Å². The van der Waals surface area contributed by atoms with Crippen LogP contribution in [0.15, 0.2) is 16.9 Å². The molecular formula is C20H27N7O3. The molecule has 30 heavy (non-hydrogen) atoms. The van der Waals surface area contributed by atoms with E-state index in [1.54, 1.807) is 6.20 Å². The van der Waals surface area contributed by atoms with Crippen LogP contribution in [0.5, 0.6) is 0 Å². The monoisotopic (exact) mass is 413 g/mol. The molecule has 0 spiro atoms. The minimum Gasteiger partial charge on any atom is -0.381 e. The van der Waals surface area contributed by atoms with Crippen molar-refractivity contribution in [2.24, 2.45) is 5.92 Å². The number of carbonyl (C=O) groups is 1. The highest BCUT2D eigenvalue weighted by molar-refractivity contribution is 5.96. The van der Waals surface area contributed by atoms with Gasteiger partial charge in [0.25, 0.3) is 5.89 Å². The first-order valence-electron chi connectivity index (χ1n) is 10.4. The molecule has 0 aromatic carbocycles. The fourth-order valence-corrected chi connectivity index (χ4v) is 3.43. The molecule has 4 rings (SSSR count). The molecular weight excluding hydrogens is 386 g/mol. The Morgan fingerprint density at radius 1 is 1.30 bits per heavy atom. The third-order valence-corrected chi connectivity index (χ3v) is 5.18. The summed E-state index contributed by atoms with van der Waals surface area (Å²) in [4.78, 5) is 20.9. The summed E-state index contributed by atoms with van der Waals surface area (Å²) in [6.07, 6.45) is 5.39. The molecule has 3 aromatic rings. The molecule has 3 aromatic heterocycles. The average Bonchev–Trinajstić information content (AvgIpc) is 3.40. The molecule has 10 heteroatoms. The molecule has 0 unspecified atom stereocenters. The summed E-state index contributed by atoms with van der Waals surface area (Å²) in [6.45, 7) is 8.11. The van der Waals surface area contributed by atoms with Crippen molar-refractivity contribution in [1.29, 1.82) is 0 Å². The van der Waals surface area contributed by atoms with Crippen LogP contribution in [0.25, 0.3) is 22.5 Å². The Balaban J connectivity index is 1.66. The van der Waals surface area contributed by atoms with Crippen molar-refractivity contribution in [2.75, 3.05) is 18.5 Å². The number of fused-ring (bicyclic) bond motifs is 1. The number of hydrogen-bond donors (Lipinski definition) is 2. The van der Waals surface area contributed by atoms with Gasteiger partial charge in [-0.05, 0) is 19.8 Å². The minimum absolute atomic E-state index is 0.0571. The van der Waals surface area contributed by atoms with Gasteiger partial charge >= 0.3 is 0 Å². The zero-order chi connectivity index (χ0) is 21.1. The summed E-state index contributed by atoms with van der Waals surface area (Å²) >= 11 is 0. The number of nitrogens with one attached hydrogen (secondary N) is 2. The van der Waals surface area contributed by atoms with Gasteiger partial charge < -0.3 is 19.9 Å². The molecule has 1 saturated heterocycles. The third-order valence-electron chi connectivity index (χ3n) is 5.18. The van der Waals surface area contributed by atoms with E-state index in [-0.39, 0.29) is 24.4 Å². The largest absolute Gasteiger partial charge is 0.381 e. The van der Waals surface area contributed by atoms with Crippen molar-refractivity contribution in [3.8, 4) is 11.5 Å². The number of anilines is 1. The number of rotatable bonds is 7. The molecule has 0 radical (unpaired) electrons. The van der Waals surface area contributed by atoms with E-state index in [2.05, 4.69) is 30.9 Å². The van der Waals surface area contributed by atoms with Crippen LogP contribution in [0.2, 0.25) is 0 Å². The van der Waals surface area contributed by atoms with Crippen LogP contribution in [0, 0.1) is 5.92 Å². The van der Waals surface area contributed by atoms with E-state index in [1.165, 1.54) is 0 Å². The maximum Gasteiger partial charge on any atom is 0.261 e. The van der Waals surface area contributed by atoms with Gasteiger partial charge in [0.2, 0.25) is 5.91 Å². The number of ether oxygens (including phenoxy) is 1. The maximum atomic E-state index is 11.8. The van der Waals surface area contributed by atoms with Crippen molar-refractivity contribution in [1.82, 2.24) is 30.2 Å². The van der Waals surface area contributed by atoms with E-state index in [0.717, 1.165) is 54.9 Å². The highest BCUT2D eigenvalue weighted by Crippen LogP contribution is 2.34. The van der Waals surface area contributed by atoms with E-state index < -0.39 is 0 Å². The molecule has 0 bridgehead atoms. The molecule has 1 aliphatic rings. The fraction of sp³-hybridized carbons (Fsp3) is 0.550. The zero-order valence-corrected chi connectivity index (χ0v) is 17.5. The SMILES string of the molecule is CCn1ncc2c(NC3CCOCC3)c(-c3nc(CNC(=O)C(C)C)no3)cnc21. The molecule has 4 heterocycles. The molecule has 1 aliphatic heterocycles. The predicted molar refractivity (Wildman–Crippen MR) is 111 cm³/mol. The molecule has 2 N–H and O–H groups in total. The first-order chi connectivity index (χ1) is 14.6. The van der Waals surface area contributed by atoms with Gasteiger partial charge in [0.15, 0.2) is 11.5 Å². The van der Waals surface area contributed by atoms with Crippen molar-refractivity contribution < 1.29 is 14.1 Å². The van der Waals surface area contributed by atoms with E-state index in [9.17, 15) is 4.79 Å². The van der Waals surface area contributed by atoms with Crippen LogP contribution >= 0.6 is 0 Å². The predicted octanol–water partition coefficient (Wildman–Crippen LogP) is 2.36. The van der Waals surface area contributed by atoms with E-state index >= 15 is 0 Å². The number of carbonyl (C=O) groups excluding carboxylic acids is 1. The molecule has 1 fully saturated rings. The Bertz CT molecular complexity index is 1020. The van der Waals surface area contributed by atoms with E-state index in [4.69, 9.17) is 9.26 Å². The van der Waals surface area contributed by atoms with Gasteiger partial charge in [0.1, 0.15) is 0 Å². The van der Waals surface area contributed by atoms with E-state index in [1.807, 2.05) is 31.6 Å². The third kappa shape index (κ3) is 4.13. The van der Waals surface area contributed by atoms with Crippen molar-refractivity contribution >= 4 is 22.6 Å². The van der Waals surface area contributed by atoms with Crippen LogP contribution in [0.4, 0.5) is 5.69 Å². The summed E-state index contributed by atoms with van der Waals surface area (Å²) < 4.78 is 12.9. The smallest absolute Gasteiger partial charge is 0.261 e. The number of aryl methyl sites for hydroxylation is 1. The summed E-state index contributed by atoms with van der Waals surface area (Å²) in [5.41, 5.74) is 2.41. The van der Waals surface area contributed by atoms with Gasteiger partial charge in [-0.2, -0.15) is 10.1 Å². The quantitative estimate of drug-likeness (QED) is 0.606. The lowest BCUT2D eigenvalue weighted by atomic mass is 10.1. The highest BCUT2D eigenvalue weighted by atomic mass is 16.5. The maximum absolute atomic E-state index is 11.8. The van der Waals surface area contributed by atoms with Crippen LogP contribution in [-0.2, 0) is 22.6 Å². The second-order valence-corrected chi connectivity index (χ2v) is 7.66. The minimum atomic E-state index is -0.103. The van der Waals surface area contributed by atoms with Gasteiger partial charge in [-0.25, -0.2) is 9.67 Å². The van der Waals surface area contributed by atoms with Gasteiger partial charge in [0, 0.05) is 37.9 Å². The first kappa shape index (κ1) is 20.3. The van der Waals surface area contributed by atoms with Crippen LogP contribution in [-0.4, -0.2) is 50.1 Å². The van der Waals surface area contributed by atoms with Crippen LogP contribution in [0.3, 0.4) is 0 Å². The lowest BCUT2D eigenvalue weighted by Gasteiger charge is -2.25. The Kier molecular flexibility index (Phi) is 5.93. The van der Waals surface area contributed by atoms with Gasteiger partial charge in [0.05, 0.1) is 29.4 Å². The Morgan fingerprint density at radius 3 is 2.83 bits per heavy atom. The molecule has 1 amide bonds. The Morgan fingerprint density at radius 2 is 2.10 bits per heavy atom. The Hall–Kier alpha value is -3.01. The number of hydrogen-bond acceptors (Lipinski definition) is 8. The number of nitrogens with zero attached hydrogens (tertiary/aromatic N) is 5. The molecule has 0 saturated carbocycles. The van der Waals surface area contributed by atoms with E-state index in [0.29, 0.717) is 11.7 Å². The lowest BCUT2D eigenvalue weighted by Crippen LogP contribution is -2.28. The fourth-order valence-electron chi connectivity index (χ4n) is 3.43. The summed E-state index contributed by atoms with van der Waals surface area (Å²) in [5.74, 6) is 0.615. The summed E-state index contributed by atoms with van der Waals surface area (Å²) in [7, 11) is 0. The van der Waals surface area contributed by atoms with Crippen LogP contribution < -0.4 is 10.6 Å². The second kappa shape index (κ2) is 8.78. The normalized spacial score (nSPS) is 15.1. The van der Waals surface area contributed by atoms with Gasteiger partial charge in [-0.1, -0.05) is 19.0 Å². The number of amides is 1. The van der Waals surface area contributed by atoms with Crippen molar-refractivity contribution in [2.45, 2.75) is 52.7 Å². The number of pyridine rings is 1. The zero-order valence-electron chi connectivity index (χ0n) is 17.5. The molecule has 0 atom stereocenters. The van der Waals surface area contributed by atoms with Crippen LogP contribution in [0.1, 0.15) is 39.4 Å².